The zero-order valence-electron chi connectivity index (χ0n) is 17.4. The van der Waals surface area contributed by atoms with Gasteiger partial charge in [0.1, 0.15) is 0 Å². The highest BCUT2D eigenvalue weighted by molar-refractivity contribution is 5.54. The van der Waals surface area contributed by atoms with Gasteiger partial charge in [-0.25, -0.2) is 0 Å². The van der Waals surface area contributed by atoms with Crippen LogP contribution in [0, 0.1) is 0 Å². The second-order valence-corrected chi connectivity index (χ2v) is 7.49. The molecule has 2 aromatic rings. The molecule has 5 heteroatoms. The van der Waals surface area contributed by atoms with E-state index in [4.69, 9.17) is 18.9 Å². The summed E-state index contributed by atoms with van der Waals surface area (Å²) in [6.45, 7) is 4.23. The van der Waals surface area contributed by atoms with Crippen molar-refractivity contribution in [3.05, 3.63) is 46.5 Å². The predicted molar refractivity (Wildman–Crippen MR) is 109 cm³/mol. The average molecular weight is 383 g/mol. The van der Waals surface area contributed by atoms with Crippen molar-refractivity contribution in [3.63, 3.8) is 0 Å². The lowest BCUT2D eigenvalue weighted by atomic mass is 9.75. The molecule has 0 spiro atoms. The molecule has 2 heterocycles. The van der Waals surface area contributed by atoms with E-state index < -0.39 is 0 Å². The first-order valence-corrected chi connectivity index (χ1v) is 9.88. The molecule has 2 aromatic carbocycles. The van der Waals surface area contributed by atoms with Crippen LogP contribution in [0.15, 0.2) is 24.3 Å². The van der Waals surface area contributed by atoms with Crippen molar-refractivity contribution in [3.8, 4) is 23.0 Å². The van der Waals surface area contributed by atoms with Crippen molar-refractivity contribution in [2.45, 2.75) is 38.3 Å². The zero-order chi connectivity index (χ0) is 19.8. The molecule has 4 rings (SSSR count). The molecule has 0 saturated carbocycles. The normalized spacial score (nSPS) is 20.6. The Bertz CT molecular complexity index is 879. The highest BCUT2D eigenvalue weighted by atomic mass is 16.5. The van der Waals surface area contributed by atoms with E-state index in [1.54, 1.807) is 28.4 Å². The van der Waals surface area contributed by atoms with Crippen molar-refractivity contribution in [2.24, 2.45) is 0 Å². The molecule has 0 radical (unpaired) electrons. The Labute approximate surface area is 167 Å². The van der Waals surface area contributed by atoms with Crippen LogP contribution in [0.5, 0.6) is 23.0 Å². The fraction of sp³-hybridized carbons (Fsp3) is 0.478. The van der Waals surface area contributed by atoms with Crippen LogP contribution in [-0.2, 0) is 13.0 Å². The molecule has 0 amide bonds. The monoisotopic (exact) mass is 383 g/mol. The summed E-state index contributed by atoms with van der Waals surface area (Å²) in [7, 11) is 6.80. The molecule has 0 unspecified atom stereocenters. The third-order valence-corrected chi connectivity index (χ3v) is 6.27. The first-order chi connectivity index (χ1) is 13.6. The Kier molecular flexibility index (Phi) is 5.11. The number of ether oxygens (including phenoxy) is 4. The van der Waals surface area contributed by atoms with E-state index in [0.717, 1.165) is 48.9 Å². The van der Waals surface area contributed by atoms with Gasteiger partial charge in [0.25, 0.3) is 0 Å². The number of hydrogen-bond acceptors (Lipinski definition) is 5. The highest BCUT2D eigenvalue weighted by Crippen LogP contribution is 2.51. The van der Waals surface area contributed by atoms with Crippen LogP contribution in [0.1, 0.15) is 47.6 Å². The van der Waals surface area contributed by atoms with E-state index in [1.807, 2.05) is 0 Å². The Morgan fingerprint density at radius 1 is 0.786 bits per heavy atom. The molecule has 5 nitrogen and oxygen atoms in total. The second-order valence-electron chi connectivity index (χ2n) is 7.49. The minimum atomic E-state index is 0.333. The van der Waals surface area contributed by atoms with Crippen LogP contribution in [-0.4, -0.2) is 39.9 Å². The van der Waals surface area contributed by atoms with Gasteiger partial charge in [0.05, 0.1) is 28.4 Å². The number of benzene rings is 2. The maximum Gasteiger partial charge on any atom is 0.161 e. The molecule has 0 bridgehead atoms. The van der Waals surface area contributed by atoms with Gasteiger partial charge in [-0.1, -0.05) is 6.92 Å². The summed E-state index contributed by atoms with van der Waals surface area (Å²) >= 11 is 0. The van der Waals surface area contributed by atoms with Crippen molar-refractivity contribution in [1.82, 2.24) is 4.90 Å². The molecule has 2 aliphatic heterocycles. The van der Waals surface area contributed by atoms with Crippen molar-refractivity contribution in [2.75, 3.05) is 35.0 Å². The first kappa shape index (κ1) is 18.9. The zero-order valence-corrected chi connectivity index (χ0v) is 17.4. The molecular weight excluding hydrogens is 354 g/mol. The standard InChI is InChI=1S/C23H29NO4/c1-6-16-17-11-21(27-4)20(26-3)10-15(17)13-24-8-7-14-9-19(25-2)22(28-5)12-18(14)23(16)24/h9-12,16,23H,6-8,13H2,1-5H3/t16-,23-/m1/s1. The Balaban J connectivity index is 1.84. The number of rotatable bonds is 5. The molecule has 2 atom stereocenters. The van der Waals surface area contributed by atoms with E-state index in [0.29, 0.717) is 12.0 Å². The topological polar surface area (TPSA) is 40.2 Å². The molecule has 0 N–H and O–H groups in total. The van der Waals surface area contributed by atoms with Crippen LogP contribution < -0.4 is 18.9 Å². The molecule has 0 fully saturated rings. The maximum absolute atomic E-state index is 5.61. The number of fused-ring (bicyclic) bond motifs is 4. The largest absolute Gasteiger partial charge is 0.493 e. The molecule has 150 valence electrons. The fourth-order valence-corrected chi connectivity index (χ4v) is 4.93. The van der Waals surface area contributed by atoms with E-state index in [1.165, 1.54) is 22.3 Å². The average Bonchev–Trinajstić information content (AvgIpc) is 2.75. The summed E-state index contributed by atoms with van der Waals surface area (Å²) in [6.07, 6.45) is 2.07. The first-order valence-electron chi connectivity index (χ1n) is 9.88. The van der Waals surface area contributed by atoms with Gasteiger partial charge in [-0.05, 0) is 59.4 Å². The van der Waals surface area contributed by atoms with Gasteiger partial charge in [0.2, 0.25) is 0 Å². The van der Waals surface area contributed by atoms with Crippen LogP contribution >= 0.6 is 0 Å². The molecule has 0 aliphatic carbocycles. The lowest BCUT2D eigenvalue weighted by Gasteiger charge is -2.46. The van der Waals surface area contributed by atoms with Gasteiger partial charge in [-0.3, -0.25) is 4.90 Å². The second kappa shape index (κ2) is 7.55. The summed E-state index contributed by atoms with van der Waals surface area (Å²) in [5, 5.41) is 0. The minimum absolute atomic E-state index is 0.333. The van der Waals surface area contributed by atoms with Crippen molar-refractivity contribution >= 4 is 0 Å². The molecule has 28 heavy (non-hydrogen) atoms. The van der Waals surface area contributed by atoms with E-state index in [-0.39, 0.29) is 0 Å². The summed E-state index contributed by atoms with van der Waals surface area (Å²) in [4.78, 5) is 2.59. The van der Waals surface area contributed by atoms with Gasteiger partial charge in [0.15, 0.2) is 23.0 Å². The Morgan fingerprint density at radius 3 is 1.89 bits per heavy atom. The van der Waals surface area contributed by atoms with Crippen LogP contribution in [0.25, 0.3) is 0 Å². The van der Waals surface area contributed by atoms with Crippen LogP contribution in [0.2, 0.25) is 0 Å². The third-order valence-electron chi connectivity index (χ3n) is 6.27. The molecular formula is C23H29NO4. The van der Waals surface area contributed by atoms with Gasteiger partial charge in [-0.15, -0.1) is 0 Å². The van der Waals surface area contributed by atoms with Gasteiger partial charge >= 0.3 is 0 Å². The quantitative estimate of drug-likeness (QED) is 0.769. The fourth-order valence-electron chi connectivity index (χ4n) is 4.93. The summed E-state index contributed by atoms with van der Waals surface area (Å²) in [6, 6.07) is 8.99. The molecule has 0 saturated heterocycles. The van der Waals surface area contributed by atoms with Crippen molar-refractivity contribution < 1.29 is 18.9 Å². The summed E-state index contributed by atoms with van der Waals surface area (Å²) in [5.74, 6) is 3.61. The van der Waals surface area contributed by atoms with Gasteiger partial charge in [0, 0.05) is 25.0 Å². The van der Waals surface area contributed by atoms with E-state index in [2.05, 4.69) is 36.1 Å². The molecule has 0 aromatic heterocycles. The van der Waals surface area contributed by atoms with E-state index >= 15 is 0 Å². The number of nitrogens with zero attached hydrogens (tertiary/aromatic N) is 1. The number of hydrogen-bond donors (Lipinski definition) is 0. The smallest absolute Gasteiger partial charge is 0.161 e. The summed E-state index contributed by atoms with van der Waals surface area (Å²) < 4.78 is 22.3. The Morgan fingerprint density at radius 2 is 1.32 bits per heavy atom. The molecule has 2 aliphatic rings. The van der Waals surface area contributed by atoms with Gasteiger partial charge in [-0.2, -0.15) is 0 Å². The SMILES string of the molecule is CC[C@@H]1c2cc(OC)c(OC)cc2CN2CCc3cc(OC)c(OC)cc3[C@@H]12. The maximum atomic E-state index is 5.61. The minimum Gasteiger partial charge on any atom is -0.493 e. The predicted octanol–water partition coefficient (Wildman–Crippen LogP) is 4.33. The third kappa shape index (κ3) is 2.89. The highest BCUT2D eigenvalue weighted by Gasteiger charge is 2.39. The van der Waals surface area contributed by atoms with Crippen molar-refractivity contribution in [1.29, 1.82) is 0 Å². The Hall–Kier alpha value is -2.40. The van der Waals surface area contributed by atoms with Gasteiger partial charge < -0.3 is 18.9 Å². The lowest BCUT2D eigenvalue weighted by molar-refractivity contribution is 0.130. The van der Waals surface area contributed by atoms with E-state index in [9.17, 15) is 0 Å². The van der Waals surface area contributed by atoms with Crippen LogP contribution in [0.4, 0.5) is 0 Å². The lowest BCUT2D eigenvalue weighted by Crippen LogP contribution is -2.41. The summed E-state index contributed by atoms with van der Waals surface area (Å²) in [5.41, 5.74) is 5.42. The number of methoxy groups -OCH3 is 4. The van der Waals surface area contributed by atoms with Crippen LogP contribution in [0.3, 0.4) is 0 Å².